The molecule has 1 aliphatic rings. The topological polar surface area (TPSA) is 46.5 Å². The molecule has 0 spiro atoms. The summed E-state index contributed by atoms with van der Waals surface area (Å²) in [6, 6.07) is 0. The van der Waals surface area contributed by atoms with Crippen molar-refractivity contribution in [1.29, 1.82) is 0 Å². The third-order valence-electron chi connectivity index (χ3n) is 4.27. The molecule has 0 aromatic rings. The van der Waals surface area contributed by atoms with Gasteiger partial charge in [-0.2, -0.15) is 0 Å². The van der Waals surface area contributed by atoms with Crippen LogP contribution < -0.4 is 0 Å². The second-order valence-electron chi connectivity index (χ2n) is 5.21. The monoisotopic (exact) mass is 242 g/mol. The number of carbonyl (C=O) groups excluding carboxylic acids is 1. The van der Waals surface area contributed by atoms with Crippen molar-refractivity contribution in [3.05, 3.63) is 0 Å². The molecular formula is C14H26O3. The van der Waals surface area contributed by atoms with Gasteiger partial charge in [-0.3, -0.25) is 4.79 Å². The van der Waals surface area contributed by atoms with E-state index in [0.717, 1.165) is 44.9 Å². The summed E-state index contributed by atoms with van der Waals surface area (Å²) in [5.74, 6) is -0.315. The number of esters is 1. The lowest BCUT2D eigenvalue weighted by Gasteiger charge is -2.36. The minimum Gasteiger partial charge on any atom is -0.469 e. The zero-order chi connectivity index (χ0) is 12.9. The molecule has 0 heterocycles. The van der Waals surface area contributed by atoms with Gasteiger partial charge in [0.1, 0.15) is 0 Å². The maximum atomic E-state index is 11.9. The number of hydrogen-bond donors (Lipinski definition) is 1. The summed E-state index contributed by atoms with van der Waals surface area (Å²) in [5, 5.41) is 10.8. The van der Waals surface area contributed by atoms with E-state index in [1.54, 1.807) is 0 Å². The SMILES string of the molecule is CCCCC(C(=O)OC)C1(O)CCCC1CC. The Kier molecular flexibility index (Phi) is 5.44. The molecule has 17 heavy (non-hydrogen) atoms. The highest BCUT2D eigenvalue weighted by Gasteiger charge is 2.49. The van der Waals surface area contributed by atoms with E-state index in [9.17, 15) is 9.90 Å². The summed E-state index contributed by atoms with van der Waals surface area (Å²) in [6.45, 7) is 4.19. The van der Waals surface area contributed by atoms with Crippen LogP contribution in [0.1, 0.15) is 58.8 Å². The van der Waals surface area contributed by atoms with Crippen molar-refractivity contribution in [2.75, 3.05) is 7.11 Å². The van der Waals surface area contributed by atoms with Gasteiger partial charge in [0.05, 0.1) is 18.6 Å². The molecule has 0 aromatic carbocycles. The van der Waals surface area contributed by atoms with E-state index < -0.39 is 5.60 Å². The van der Waals surface area contributed by atoms with Crippen LogP contribution in [0.15, 0.2) is 0 Å². The van der Waals surface area contributed by atoms with Crippen molar-refractivity contribution >= 4 is 5.97 Å². The quantitative estimate of drug-likeness (QED) is 0.728. The molecule has 0 aromatic heterocycles. The van der Waals surface area contributed by atoms with Crippen molar-refractivity contribution in [1.82, 2.24) is 0 Å². The molecule has 1 N–H and O–H groups in total. The van der Waals surface area contributed by atoms with Crippen LogP contribution in [0.3, 0.4) is 0 Å². The summed E-state index contributed by atoms with van der Waals surface area (Å²) < 4.78 is 4.88. The number of unbranched alkanes of at least 4 members (excludes halogenated alkanes) is 1. The predicted octanol–water partition coefficient (Wildman–Crippen LogP) is 2.91. The first-order valence-corrected chi connectivity index (χ1v) is 6.90. The summed E-state index contributed by atoms with van der Waals surface area (Å²) in [4.78, 5) is 11.9. The van der Waals surface area contributed by atoms with E-state index in [2.05, 4.69) is 13.8 Å². The summed E-state index contributed by atoms with van der Waals surface area (Å²) in [6.07, 6.45) is 6.50. The van der Waals surface area contributed by atoms with Crippen LogP contribution in [0.2, 0.25) is 0 Å². The second-order valence-corrected chi connectivity index (χ2v) is 5.21. The van der Waals surface area contributed by atoms with Crippen molar-refractivity contribution in [2.24, 2.45) is 11.8 Å². The van der Waals surface area contributed by atoms with E-state index in [1.807, 2.05) is 0 Å². The highest BCUT2D eigenvalue weighted by atomic mass is 16.5. The number of carbonyl (C=O) groups is 1. The van der Waals surface area contributed by atoms with Gasteiger partial charge in [0, 0.05) is 0 Å². The van der Waals surface area contributed by atoms with Crippen molar-refractivity contribution in [3.8, 4) is 0 Å². The highest BCUT2D eigenvalue weighted by Crippen LogP contribution is 2.44. The molecule has 1 fully saturated rings. The Bertz CT molecular complexity index is 252. The van der Waals surface area contributed by atoms with Crippen LogP contribution >= 0.6 is 0 Å². The molecule has 0 saturated heterocycles. The van der Waals surface area contributed by atoms with E-state index in [1.165, 1.54) is 7.11 Å². The number of ether oxygens (including phenoxy) is 1. The van der Waals surface area contributed by atoms with Gasteiger partial charge in [-0.05, 0) is 25.2 Å². The molecule has 3 nitrogen and oxygen atoms in total. The normalized spacial score (nSPS) is 30.2. The predicted molar refractivity (Wildman–Crippen MR) is 67.6 cm³/mol. The van der Waals surface area contributed by atoms with Crippen LogP contribution in [0.25, 0.3) is 0 Å². The zero-order valence-corrected chi connectivity index (χ0v) is 11.4. The molecule has 0 aliphatic heterocycles. The third-order valence-corrected chi connectivity index (χ3v) is 4.27. The van der Waals surface area contributed by atoms with Crippen molar-refractivity contribution in [2.45, 2.75) is 64.4 Å². The summed E-state index contributed by atoms with van der Waals surface area (Å²) >= 11 is 0. The van der Waals surface area contributed by atoms with Crippen molar-refractivity contribution < 1.29 is 14.6 Å². The first-order chi connectivity index (χ1) is 8.10. The van der Waals surface area contributed by atoms with E-state index in [4.69, 9.17) is 4.74 Å². The maximum Gasteiger partial charge on any atom is 0.311 e. The highest BCUT2D eigenvalue weighted by molar-refractivity contribution is 5.73. The van der Waals surface area contributed by atoms with E-state index >= 15 is 0 Å². The lowest BCUT2D eigenvalue weighted by Crippen LogP contribution is -2.45. The van der Waals surface area contributed by atoms with Gasteiger partial charge in [-0.25, -0.2) is 0 Å². The fourth-order valence-corrected chi connectivity index (χ4v) is 3.22. The van der Waals surface area contributed by atoms with Crippen LogP contribution in [0.5, 0.6) is 0 Å². The first-order valence-electron chi connectivity index (χ1n) is 6.90. The Morgan fingerprint density at radius 2 is 2.24 bits per heavy atom. The van der Waals surface area contributed by atoms with E-state index in [0.29, 0.717) is 0 Å². The average Bonchev–Trinajstić information content (AvgIpc) is 2.71. The van der Waals surface area contributed by atoms with Crippen LogP contribution in [-0.2, 0) is 9.53 Å². The van der Waals surface area contributed by atoms with Crippen molar-refractivity contribution in [3.63, 3.8) is 0 Å². The van der Waals surface area contributed by atoms with E-state index in [-0.39, 0.29) is 17.8 Å². The van der Waals surface area contributed by atoms with Gasteiger partial charge in [0.2, 0.25) is 0 Å². The Labute approximate surface area is 105 Å². The summed E-state index contributed by atoms with van der Waals surface area (Å²) in [5.41, 5.74) is -0.822. The zero-order valence-electron chi connectivity index (χ0n) is 11.4. The largest absolute Gasteiger partial charge is 0.469 e. The third kappa shape index (κ3) is 3.01. The molecule has 3 atom stereocenters. The van der Waals surface area contributed by atoms with Gasteiger partial charge in [-0.15, -0.1) is 0 Å². The lowest BCUT2D eigenvalue weighted by atomic mass is 9.75. The van der Waals surface area contributed by atoms with Gasteiger partial charge >= 0.3 is 5.97 Å². The Morgan fingerprint density at radius 3 is 2.76 bits per heavy atom. The fraction of sp³-hybridized carbons (Fsp3) is 0.929. The van der Waals surface area contributed by atoms with Crippen LogP contribution in [-0.4, -0.2) is 23.8 Å². The molecule has 1 rings (SSSR count). The first kappa shape index (κ1) is 14.5. The minimum atomic E-state index is -0.822. The molecular weight excluding hydrogens is 216 g/mol. The molecule has 1 saturated carbocycles. The number of rotatable bonds is 6. The molecule has 3 heteroatoms. The molecule has 0 bridgehead atoms. The van der Waals surface area contributed by atoms with Crippen LogP contribution in [0, 0.1) is 11.8 Å². The number of aliphatic hydroxyl groups is 1. The lowest BCUT2D eigenvalue weighted by molar-refractivity contribution is -0.160. The molecule has 100 valence electrons. The maximum absolute atomic E-state index is 11.9. The molecule has 0 amide bonds. The number of hydrogen-bond acceptors (Lipinski definition) is 3. The van der Waals surface area contributed by atoms with Crippen LogP contribution in [0.4, 0.5) is 0 Å². The smallest absolute Gasteiger partial charge is 0.311 e. The molecule has 3 unspecified atom stereocenters. The summed E-state index contributed by atoms with van der Waals surface area (Å²) in [7, 11) is 1.42. The van der Waals surface area contributed by atoms with Gasteiger partial charge in [0.25, 0.3) is 0 Å². The van der Waals surface area contributed by atoms with Gasteiger partial charge < -0.3 is 9.84 Å². The molecule has 1 aliphatic carbocycles. The Balaban J connectivity index is 2.83. The number of methoxy groups -OCH3 is 1. The second kappa shape index (κ2) is 6.39. The minimum absolute atomic E-state index is 0.235. The van der Waals surface area contributed by atoms with Gasteiger partial charge in [0.15, 0.2) is 0 Å². The average molecular weight is 242 g/mol. The molecule has 0 radical (unpaired) electrons. The van der Waals surface area contributed by atoms with Gasteiger partial charge in [-0.1, -0.05) is 39.5 Å². The fourth-order valence-electron chi connectivity index (χ4n) is 3.22. The Morgan fingerprint density at radius 1 is 1.53 bits per heavy atom. The Hall–Kier alpha value is -0.570. The standard InChI is InChI=1S/C14H26O3/c1-4-6-9-12(13(15)17-3)14(16)10-7-8-11(14)5-2/h11-12,16H,4-10H2,1-3H3.